The average Bonchev–Trinajstić information content (AvgIpc) is 2.42. The molecule has 0 aromatic heterocycles. The summed E-state index contributed by atoms with van der Waals surface area (Å²) in [6.07, 6.45) is 1.03. The van der Waals surface area contributed by atoms with Gasteiger partial charge in [-0.3, -0.25) is 4.79 Å². The number of ether oxygens (including phenoxy) is 1. The minimum absolute atomic E-state index is 0.172. The molecule has 0 heterocycles. The van der Waals surface area contributed by atoms with Crippen LogP contribution in [0, 0.1) is 5.92 Å². The van der Waals surface area contributed by atoms with Gasteiger partial charge in [0.05, 0.1) is 13.5 Å². The average molecular weight is 279 g/mol. The number of nitrogens with zero attached hydrogens (tertiary/aromatic N) is 1. The predicted octanol–water partition coefficient (Wildman–Crippen LogP) is 2.67. The van der Waals surface area contributed by atoms with Crippen LogP contribution in [0.15, 0.2) is 24.3 Å². The molecule has 0 spiro atoms. The second-order valence-electron chi connectivity index (χ2n) is 5.45. The number of likely N-dealkylation sites (N-methyl/N-ethyl adjacent to an activating group) is 1. The zero-order valence-corrected chi connectivity index (χ0v) is 12.8. The van der Waals surface area contributed by atoms with Crippen molar-refractivity contribution in [3.05, 3.63) is 29.8 Å². The third-order valence-electron chi connectivity index (χ3n) is 3.64. The first-order valence-corrected chi connectivity index (χ1v) is 6.99. The molecule has 1 aromatic rings. The number of aliphatic carboxylic acids is 1. The predicted molar refractivity (Wildman–Crippen MR) is 80.2 cm³/mol. The molecule has 112 valence electrons. The molecule has 1 atom stereocenters. The maximum atomic E-state index is 10.7. The van der Waals surface area contributed by atoms with E-state index in [2.05, 4.69) is 24.8 Å². The van der Waals surface area contributed by atoms with Crippen LogP contribution in [0.3, 0.4) is 0 Å². The molecule has 0 aliphatic carbocycles. The monoisotopic (exact) mass is 279 g/mol. The van der Waals surface area contributed by atoms with E-state index in [1.807, 2.05) is 25.2 Å². The third kappa shape index (κ3) is 4.85. The van der Waals surface area contributed by atoms with Crippen molar-refractivity contribution in [1.29, 1.82) is 0 Å². The van der Waals surface area contributed by atoms with Crippen LogP contribution < -0.4 is 4.74 Å². The van der Waals surface area contributed by atoms with Crippen LogP contribution >= 0.6 is 0 Å². The molecule has 0 fully saturated rings. The fourth-order valence-electron chi connectivity index (χ4n) is 2.44. The lowest BCUT2D eigenvalue weighted by Crippen LogP contribution is -2.39. The van der Waals surface area contributed by atoms with Gasteiger partial charge in [-0.05, 0) is 31.0 Å². The highest BCUT2D eigenvalue weighted by molar-refractivity contribution is 5.66. The molecule has 4 nitrogen and oxygen atoms in total. The van der Waals surface area contributed by atoms with Gasteiger partial charge in [-0.1, -0.05) is 32.0 Å². The Morgan fingerprint density at radius 2 is 2.00 bits per heavy atom. The molecular weight excluding hydrogens is 254 g/mol. The molecule has 0 radical (unpaired) electrons. The topological polar surface area (TPSA) is 49.8 Å². The standard InChI is InChI=1S/C16H25NO3/c1-12(2)14(17(3)10-9-16(18)19)11-13-7-5-6-8-15(13)20-4/h5-8,12,14H,9-11H2,1-4H3,(H,18,19). The molecule has 0 saturated heterocycles. The first kappa shape index (κ1) is 16.5. The smallest absolute Gasteiger partial charge is 0.304 e. The summed E-state index contributed by atoms with van der Waals surface area (Å²) in [6, 6.07) is 8.29. The lowest BCUT2D eigenvalue weighted by molar-refractivity contribution is -0.137. The van der Waals surface area contributed by atoms with Crippen LogP contribution in [-0.4, -0.2) is 42.7 Å². The van der Waals surface area contributed by atoms with E-state index >= 15 is 0 Å². The highest BCUT2D eigenvalue weighted by atomic mass is 16.5. The Hall–Kier alpha value is -1.55. The highest BCUT2D eigenvalue weighted by Crippen LogP contribution is 2.23. The number of hydrogen-bond acceptors (Lipinski definition) is 3. The summed E-state index contributed by atoms with van der Waals surface area (Å²) in [4.78, 5) is 12.8. The van der Waals surface area contributed by atoms with Crippen molar-refractivity contribution < 1.29 is 14.6 Å². The van der Waals surface area contributed by atoms with Crippen LogP contribution in [0.1, 0.15) is 25.8 Å². The molecule has 0 bridgehead atoms. The molecule has 0 saturated carbocycles. The van der Waals surface area contributed by atoms with E-state index in [9.17, 15) is 4.79 Å². The van der Waals surface area contributed by atoms with E-state index in [0.29, 0.717) is 18.5 Å². The Kier molecular flexibility index (Phi) is 6.52. The second-order valence-corrected chi connectivity index (χ2v) is 5.45. The number of carboxylic acids is 1. The Labute approximate surface area is 121 Å². The number of carboxylic acid groups (broad SMARTS) is 1. The number of carbonyl (C=O) groups is 1. The van der Waals surface area contributed by atoms with Crippen molar-refractivity contribution >= 4 is 5.97 Å². The van der Waals surface area contributed by atoms with Gasteiger partial charge in [0.25, 0.3) is 0 Å². The number of methoxy groups -OCH3 is 1. The van der Waals surface area contributed by atoms with E-state index < -0.39 is 5.97 Å². The maximum absolute atomic E-state index is 10.7. The highest BCUT2D eigenvalue weighted by Gasteiger charge is 2.21. The second kappa shape index (κ2) is 7.90. The molecule has 4 heteroatoms. The molecule has 0 amide bonds. The van der Waals surface area contributed by atoms with Gasteiger partial charge in [0.2, 0.25) is 0 Å². The van der Waals surface area contributed by atoms with Gasteiger partial charge in [-0.25, -0.2) is 0 Å². The lowest BCUT2D eigenvalue weighted by atomic mass is 9.94. The Morgan fingerprint density at radius 3 is 2.55 bits per heavy atom. The minimum Gasteiger partial charge on any atom is -0.496 e. The van der Waals surface area contributed by atoms with Crippen LogP contribution in [0.2, 0.25) is 0 Å². The van der Waals surface area contributed by atoms with Crippen LogP contribution in [0.4, 0.5) is 0 Å². The summed E-state index contributed by atoms with van der Waals surface area (Å²) in [5.74, 6) is 0.583. The summed E-state index contributed by atoms with van der Waals surface area (Å²) in [6.45, 7) is 4.89. The van der Waals surface area contributed by atoms with Gasteiger partial charge in [0.1, 0.15) is 5.75 Å². The Morgan fingerprint density at radius 1 is 1.35 bits per heavy atom. The minimum atomic E-state index is -0.753. The summed E-state index contributed by atoms with van der Waals surface area (Å²) >= 11 is 0. The summed E-state index contributed by atoms with van der Waals surface area (Å²) < 4.78 is 5.39. The van der Waals surface area contributed by atoms with E-state index in [1.54, 1.807) is 7.11 Å². The van der Waals surface area contributed by atoms with Gasteiger partial charge >= 0.3 is 5.97 Å². The molecule has 1 aromatic carbocycles. The van der Waals surface area contributed by atoms with Crippen LogP contribution in [0.5, 0.6) is 5.75 Å². The number of rotatable bonds is 8. The molecule has 1 N–H and O–H groups in total. The molecular formula is C16H25NO3. The molecule has 0 aliphatic rings. The molecule has 1 rings (SSSR count). The first-order chi connectivity index (χ1) is 9.45. The molecule has 1 unspecified atom stereocenters. The fraction of sp³-hybridized carbons (Fsp3) is 0.562. The summed E-state index contributed by atoms with van der Waals surface area (Å²) in [7, 11) is 3.67. The van der Waals surface area contributed by atoms with Crippen molar-refractivity contribution in [3.63, 3.8) is 0 Å². The largest absolute Gasteiger partial charge is 0.496 e. The lowest BCUT2D eigenvalue weighted by Gasteiger charge is -2.31. The van der Waals surface area contributed by atoms with Gasteiger partial charge < -0.3 is 14.7 Å². The van der Waals surface area contributed by atoms with Crippen molar-refractivity contribution in [1.82, 2.24) is 4.90 Å². The zero-order chi connectivity index (χ0) is 15.1. The summed E-state index contributed by atoms with van der Waals surface area (Å²) in [5, 5.41) is 8.81. The van der Waals surface area contributed by atoms with Crippen molar-refractivity contribution in [2.45, 2.75) is 32.7 Å². The van der Waals surface area contributed by atoms with Crippen molar-refractivity contribution in [2.24, 2.45) is 5.92 Å². The number of para-hydroxylation sites is 1. The molecule has 0 aliphatic heterocycles. The SMILES string of the molecule is COc1ccccc1CC(C(C)C)N(C)CCC(=O)O. The van der Waals surface area contributed by atoms with E-state index in [4.69, 9.17) is 9.84 Å². The van der Waals surface area contributed by atoms with E-state index in [0.717, 1.165) is 17.7 Å². The first-order valence-electron chi connectivity index (χ1n) is 6.99. The Balaban J connectivity index is 2.78. The zero-order valence-electron chi connectivity index (χ0n) is 12.8. The van der Waals surface area contributed by atoms with Crippen LogP contribution in [-0.2, 0) is 11.2 Å². The van der Waals surface area contributed by atoms with Gasteiger partial charge in [0, 0.05) is 12.6 Å². The van der Waals surface area contributed by atoms with E-state index in [-0.39, 0.29) is 6.42 Å². The van der Waals surface area contributed by atoms with Gasteiger partial charge in [-0.15, -0.1) is 0 Å². The Bertz CT molecular complexity index is 431. The third-order valence-corrected chi connectivity index (χ3v) is 3.64. The number of hydrogen-bond donors (Lipinski definition) is 1. The fourth-order valence-corrected chi connectivity index (χ4v) is 2.44. The quantitative estimate of drug-likeness (QED) is 0.795. The van der Waals surface area contributed by atoms with Crippen LogP contribution in [0.25, 0.3) is 0 Å². The van der Waals surface area contributed by atoms with E-state index in [1.165, 1.54) is 0 Å². The van der Waals surface area contributed by atoms with Gasteiger partial charge in [0.15, 0.2) is 0 Å². The van der Waals surface area contributed by atoms with Crippen molar-refractivity contribution in [3.8, 4) is 5.75 Å². The number of benzene rings is 1. The summed E-state index contributed by atoms with van der Waals surface area (Å²) in [5.41, 5.74) is 1.16. The molecule has 20 heavy (non-hydrogen) atoms. The maximum Gasteiger partial charge on any atom is 0.304 e. The van der Waals surface area contributed by atoms with Crippen molar-refractivity contribution in [2.75, 3.05) is 20.7 Å². The van der Waals surface area contributed by atoms with Gasteiger partial charge in [-0.2, -0.15) is 0 Å². The normalized spacial score (nSPS) is 12.7.